The van der Waals surface area contributed by atoms with E-state index in [1.165, 1.54) is 19.1 Å². The summed E-state index contributed by atoms with van der Waals surface area (Å²) in [5.41, 5.74) is 0.347. The second-order valence-corrected chi connectivity index (χ2v) is 6.23. The Kier molecular flexibility index (Phi) is 4.55. The number of aromatic nitrogens is 2. The zero-order valence-electron chi connectivity index (χ0n) is 14.0. The van der Waals surface area contributed by atoms with Crippen molar-refractivity contribution in [1.82, 2.24) is 20.0 Å². The largest absolute Gasteiger partial charge is 0.416 e. The van der Waals surface area contributed by atoms with E-state index in [1.54, 1.807) is 22.8 Å². The zero-order valence-corrected chi connectivity index (χ0v) is 14.0. The number of carbonyl (C=O) groups is 1. The van der Waals surface area contributed by atoms with Gasteiger partial charge in [-0.25, -0.2) is 0 Å². The minimum Gasteiger partial charge on any atom is -0.335 e. The average Bonchev–Trinajstić information content (AvgIpc) is 3.00. The number of hydrogen-bond acceptors (Lipinski definition) is 3. The fraction of sp³-hybridized carbons (Fsp3) is 0.412. The third-order valence-electron chi connectivity index (χ3n) is 4.38. The van der Waals surface area contributed by atoms with Crippen LogP contribution in [0.4, 0.5) is 13.2 Å². The van der Waals surface area contributed by atoms with Crippen LogP contribution in [0, 0.1) is 6.92 Å². The van der Waals surface area contributed by atoms with Crippen LogP contribution in [0.2, 0.25) is 0 Å². The van der Waals surface area contributed by atoms with Gasteiger partial charge in [0, 0.05) is 44.0 Å². The van der Waals surface area contributed by atoms with Gasteiger partial charge in [-0.2, -0.15) is 18.3 Å². The Morgan fingerprint density at radius 1 is 1.36 bits per heavy atom. The number of hydrogen-bond donors (Lipinski definition) is 1. The first-order chi connectivity index (χ1) is 11.8. The summed E-state index contributed by atoms with van der Waals surface area (Å²) in [6.07, 6.45) is -0.888. The standard InChI is InChI=1S/C17H19F3N4O/c1-11-3-4-12(7-14(11)17(18,19)20)16(25)24-6-5-21-15(10-24)13-8-22-23(2)9-13/h3-4,7-9,15,21H,5-6,10H2,1-2H3. The highest BCUT2D eigenvalue weighted by Crippen LogP contribution is 2.32. The molecule has 0 bridgehead atoms. The average molecular weight is 352 g/mol. The molecule has 5 nitrogen and oxygen atoms in total. The summed E-state index contributed by atoms with van der Waals surface area (Å²) < 4.78 is 40.9. The Morgan fingerprint density at radius 3 is 2.76 bits per heavy atom. The molecule has 25 heavy (non-hydrogen) atoms. The number of benzene rings is 1. The lowest BCUT2D eigenvalue weighted by Gasteiger charge is -2.33. The lowest BCUT2D eigenvalue weighted by Crippen LogP contribution is -2.48. The number of carbonyl (C=O) groups excluding carboxylic acids is 1. The molecule has 1 atom stereocenters. The molecule has 8 heteroatoms. The van der Waals surface area contributed by atoms with E-state index < -0.39 is 11.7 Å². The zero-order chi connectivity index (χ0) is 18.2. The Labute approximate surface area is 143 Å². The van der Waals surface area contributed by atoms with Gasteiger partial charge in [-0.15, -0.1) is 0 Å². The molecule has 1 fully saturated rings. The van der Waals surface area contributed by atoms with Crippen LogP contribution in [0.25, 0.3) is 0 Å². The number of alkyl halides is 3. The first-order valence-electron chi connectivity index (χ1n) is 7.95. The number of piperazine rings is 1. The molecule has 0 radical (unpaired) electrons. The molecule has 1 N–H and O–H groups in total. The number of aryl methyl sites for hydroxylation is 2. The van der Waals surface area contributed by atoms with E-state index in [0.29, 0.717) is 19.6 Å². The van der Waals surface area contributed by atoms with Crippen molar-refractivity contribution in [2.75, 3.05) is 19.6 Å². The molecule has 0 spiro atoms. The van der Waals surface area contributed by atoms with E-state index >= 15 is 0 Å². The monoisotopic (exact) mass is 352 g/mol. The van der Waals surface area contributed by atoms with E-state index in [9.17, 15) is 18.0 Å². The maximum Gasteiger partial charge on any atom is 0.416 e. The Balaban J connectivity index is 1.81. The molecule has 2 heterocycles. The summed E-state index contributed by atoms with van der Waals surface area (Å²) in [5.74, 6) is -0.388. The molecule has 1 aliphatic heterocycles. The van der Waals surface area contributed by atoms with Crippen LogP contribution in [-0.4, -0.2) is 40.2 Å². The predicted octanol–water partition coefficient (Wildman–Crippen LogP) is 2.53. The summed E-state index contributed by atoms with van der Waals surface area (Å²) in [4.78, 5) is 14.3. The van der Waals surface area contributed by atoms with Crippen LogP contribution in [0.3, 0.4) is 0 Å². The fourth-order valence-corrected chi connectivity index (χ4v) is 3.02. The molecule has 2 aromatic rings. The van der Waals surface area contributed by atoms with Crippen LogP contribution in [0.5, 0.6) is 0 Å². The second-order valence-electron chi connectivity index (χ2n) is 6.23. The number of nitrogens with zero attached hydrogens (tertiary/aromatic N) is 3. The summed E-state index contributed by atoms with van der Waals surface area (Å²) in [6.45, 7) is 2.80. The molecule has 1 aromatic carbocycles. The third kappa shape index (κ3) is 3.68. The highest BCUT2D eigenvalue weighted by Gasteiger charge is 2.34. The smallest absolute Gasteiger partial charge is 0.335 e. The lowest BCUT2D eigenvalue weighted by atomic mass is 10.0. The molecule has 1 aliphatic rings. The number of amides is 1. The first-order valence-corrected chi connectivity index (χ1v) is 7.95. The van der Waals surface area contributed by atoms with Crippen molar-refractivity contribution in [3.8, 4) is 0 Å². The van der Waals surface area contributed by atoms with Crippen LogP contribution in [-0.2, 0) is 13.2 Å². The van der Waals surface area contributed by atoms with Crippen molar-refractivity contribution in [3.05, 3.63) is 52.8 Å². The second kappa shape index (κ2) is 6.51. The number of nitrogens with one attached hydrogen (secondary N) is 1. The van der Waals surface area contributed by atoms with E-state index in [2.05, 4.69) is 10.4 Å². The van der Waals surface area contributed by atoms with Gasteiger partial charge in [-0.3, -0.25) is 9.48 Å². The molecule has 134 valence electrons. The molecular weight excluding hydrogens is 333 g/mol. The minimum absolute atomic E-state index is 0.0600. The highest BCUT2D eigenvalue weighted by atomic mass is 19.4. The lowest BCUT2D eigenvalue weighted by molar-refractivity contribution is -0.138. The summed E-state index contributed by atoms with van der Waals surface area (Å²) in [6, 6.07) is 3.66. The van der Waals surface area contributed by atoms with Gasteiger partial charge in [0.1, 0.15) is 0 Å². The van der Waals surface area contributed by atoms with Gasteiger partial charge in [0.2, 0.25) is 0 Å². The van der Waals surface area contributed by atoms with Gasteiger partial charge >= 0.3 is 6.18 Å². The third-order valence-corrected chi connectivity index (χ3v) is 4.38. The molecular formula is C17H19F3N4O. The summed E-state index contributed by atoms with van der Waals surface area (Å²) in [5, 5.41) is 7.42. The highest BCUT2D eigenvalue weighted by molar-refractivity contribution is 5.94. The van der Waals surface area contributed by atoms with Gasteiger partial charge in [0.15, 0.2) is 0 Å². The maximum absolute atomic E-state index is 13.1. The van der Waals surface area contributed by atoms with E-state index in [0.717, 1.165) is 11.6 Å². The topological polar surface area (TPSA) is 50.2 Å². The van der Waals surface area contributed by atoms with Crippen molar-refractivity contribution in [2.45, 2.75) is 19.1 Å². The van der Waals surface area contributed by atoms with E-state index in [1.807, 2.05) is 6.20 Å². The Hall–Kier alpha value is -2.35. The molecule has 1 saturated heterocycles. The van der Waals surface area contributed by atoms with E-state index in [-0.39, 0.29) is 23.1 Å². The van der Waals surface area contributed by atoms with E-state index in [4.69, 9.17) is 0 Å². The van der Waals surface area contributed by atoms with Crippen molar-refractivity contribution in [3.63, 3.8) is 0 Å². The van der Waals surface area contributed by atoms with Crippen LogP contribution >= 0.6 is 0 Å². The van der Waals surface area contributed by atoms with Gasteiger partial charge in [-0.05, 0) is 24.6 Å². The Morgan fingerprint density at radius 2 is 2.12 bits per heavy atom. The summed E-state index contributed by atoms with van der Waals surface area (Å²) >= 11 is 0. The van der Waals surface area contributed by atoms with Crippen molar-refractivity contribution < 1.29 is 18.0 Å². The molecule has 0 aliphatic carbocycles. The fourth-order valence-electron chi connectivity index (χ4n) is 3.02. The van der Waals surface area contributed by atoms with Gasteiger partial charge in [0.05, 0.1) is 17.8 Å². The van der Waals surface area contributed by atoms with Gasteiger partial charge in [0.25, 0.3) is 5.91 Å². The Bertz CT molecular complexity index is 784. The molecule has 1 aromatic heterocycles. The molecule has 3 rings (SSSR count). The number of halogens is 3. The molecule has 1 unspecified atom stereocenters. The predicted molar refractivity (Wildman–Crippen MR) is 86.0 cm³/mol. The normalized spacial score (nSPS) is 18.4. The minimum atomic E-state index is -4.47. The van der Waals surface area contributed by atoms with Gasteiger partial charge < -0.3 is 10.2 Å². The molecule has 1 amide bonds. The number of rotatable bonds is 2. The van der Waals surface area contributed by atoms with Crippen LogP contribution < -0.4 is 5.32 Å². The van der Waals surface area contributed by atoms with Crippen molar-refractivity contribution in [1.29, 1.82) is 0 Å². The van der Waals surface area contributed by atoms with Gasteiger partial charge in [-0.1, -0.05) is 6.07 Å². The van der Waals surface area contributed by atoms with Crippen molar-refractivity contribution >= 4 is 5.91 Å². The summed E-state index contributed by atoms with van der Waals surface area (Å²) in [7, 11) is 1.81. The van der Waals surface area contributed by atoms with Crippen molar-refractivity contribution in [2.24, 2.45) is 7.05 Å². The SMILES string of the molecule is Cc1ccc(C(=O)N2CCNC(c3cnn(C)c3)C2)cc1C(F)(F)F. The first kappa shape index (κ1) is 17.5. The maximum atomic E-state index is 13.1. The molecule has 0 saturated carbocycles. The quantitative estimate of drug-likeness (QED) is 0.904. The van der Waals surface area contributed by atoms with Crippen LogP contribution in [0.1, 0.15) is 33.1 Å². The van der Waals surface area contributed by atoms with Crippen LogP contribution in [0.15, 0.2) is 30.6 Å².